The average molecular weight is 456 g/mol. The molecule has 0 atom stereocenters. The normalized spacial score (nSPS) is 10.3. The Kier molecular flexibility index (Phi) is 6.98. The smallest absolute Gasteiger partial charge is 0.348 e. The van der Waals surface area contributed by atoms with Crippen LogP contribution in [-0.4, -0.2) is 38.7 Å². The van der Waals surface area contributed by atoms with E-state index in [1.807, 2.05) is 0 Å². The molecule has 27 heavy (non-hydrogen) atoms. The van der Waals surface area contributed by atoms with Gasteiger partial charge in [0.15, 0.2) is 0 Å². The lowest BCUT2D eigenvalue weighted by molar-refractivity contribution is 0.0527. The Morgan fingerprint density at radius 1 is 1.19 bits per heavy atom. The lowest BCUT2D eigenvalue weighted by atomic mass is 10.1. The second kappa shape index (κ2) is 9.01. The van der Waals surface area contributed by atoms with Crippen molar-refractivity contribution >= 4 is 50.1 Å². The van der Waals surface area contributed by atoms with Crippen molar-refractivity contribution in [3.8, 4) is 5.75 Å². The van der Waals surface area contributed by atoms with Crippen LogP contribution in [-0.2, 0) is 9.47 Å². The van der Waals surface area contributed by atoms with Crippen LogP contribution < -0.4 is 10.1 Å². The van der Waals surface area contributed by atoms with Gasteiger partial charge >= 0.3 is 11.9 Å². The summed E-state index contributed by atoms with van der Waals surface area (Å²) in [4.78, 5) is 37.3. The van der Waals surface area contributed by atoms with Crippen LogP contribution in [0, 0.1) is 6.92 Å². The monoisotopic (exact) mass is 455 g/mol. The van der Waals surface area contributed by atoms with Gasteiger partial charge in [0.2, 0.25) is 0 Å². The molecule has 0 radical (unpaired) electrons. The SMILES string of the molecule is CCOC(=O)c1c(NC(=O)c2cc(Br)ccc2OC)sc(C(=O)OC)c1C. The Hall–Kier alpha value is -2.39. The number of benzene rings is 1. The molecule has 2 aromatic rings. The van der Waals surface area contributed by atoms with Gasteiger partial charge in [-0.25, -0.2) is 9.59 Å². The molecule has 0 bridgehead atoms. The fourth-order valence-electron chi connectivity index (χ4n) is 2.37. The molecular formula is C18H18BrNO6S. The van der Waals surface area contributed by atoms with Gasteiger partial charge in [0, 0.05) is 4.47 Å². The number of methoxy groups -OCH3 is 2. The van der Waals surface area contributed by atoms with Gasteiger partial charge in [0.25, 0.3) is 5.91 Å². The van der Waals surface area contributed by atoms with Crippen molar-refractivity contribution in [3.05, 3.63) is 44.2 Å². The van der Waals surface area contributed by atoms with Gasteiger partial charge in [0.05, 0.1) is 32.0 Å². The van der Waals surface area contributed by atoms with Crippen molar-refractivity contribution in [2.24, 2.45) is 0 Å². The summed E-state index contributed by atoms with van der Waals surface area (Å²) in [5.41, 5.74) is 0.790. The second-order valence-corrected chi connectivity index (χ2v) is 7.21. The van der Waals surface area contributed by atoms with Crippen LogP contribution in [0.25, 0.3) is 0 Å². The van der Waals surface area contributed by atoms with E-state index in [-0.39, 0.29) is 27.6 Å². The average Bonchev–Trinajstić information content (AvgIpc) is 2.97. The third kappa shape index (κ3) is 4.48. The number of hydrogen-bond acceptors (Lipinski definition) is 7. The summed E-state index contributed by atoms with van der Waals surface area (Å²) in [5, 5.41) is 2.89. The summed E-state index contributed by atoms with van der Waals surface area (Å²) in [7, 11) is 2.70. The fourth-order valence-corrected chi connectivity index (χ4v) is 3.84. The topological polar surface area (TPSA) is 90.9 Å². The summed E-state index contributed by atoms with van der Waals surface area (Å²) >= 11 is 4.27. The minimum Gasteiger partial charge on any atom is -0.496 e. The maximum absolute atomic E-state index is 12.8. The van der Waals surface area contributed by atoms with E-state index >= 15 is 0 Å². The van der Waals surface area contributed by atoms with Crippen LogP contribution in [0.2, 0.25) is 0 Å². The summed E-state index contributed by atoms with van der Waals surface area (Å²) in [5.74, 6) is -1.34. The highest BCUT2D eigenvalue weighted by atomic mass is 79.9. The Labute approximate surface area is 168 Å². The molecule has 1 heterocycles. The number of rotatable bonds is 6. The summed E-state index contributed by atoms with van der Waals surface area (Å²) < 4.78 is 15.7. The molecule has 0 saturated carbocycles. The zero-order valence-corrected chi connectivity index (χ0v) is 17.6. The maximum atomic E-state index is 12.8. The Balaban J connectivity index is 2.48. The molecule has 1 aromatic heterocycles. The third-order valence-corrected chi connectivity index (χ3v) is 5.31. The highest BCUT2D eigenvalue weighted by Gasteiger charge is 2.27. The number of amides is 1. The largest absolute Gasteiger partial charge is 0.496 e. The summed E-state index contributed by atoms with van der Waals surface area (Å²) in [6.45, 7) is 3.43. The number of nitrogens with one attached hydrogen (secondary N) is 1. The molecule has 0 saturated heterocycles. The van der Waals surface area contributed by atoms with E-state index in [4.69, 9.17) is 14.2 Å². The van der Waals surface area contributed by atoms with Crippen LogP contribution in [0.5, 0.6) is 5.75 Å². The maximum Gasteiger partial charge on any atom is 0.348 e. The van der Waals surface area contributed by atoms with Crippen LogP contribution in [0.3, 0.4) is 0 Å². The van der Waals surface area contributed by atoms with Gasteiger partial charge in [-0.1, -0.05) is 15.9 Å². The molecule has 7 nitrogen and oxygen atoms in total. The summed E-state index contributed by atoms with van der Waals surface area (Å²) in [6, 6.07) is 4.98. The summed E-state index contributed by atoms with van der Waals surface area (Å²) in [6.07, 6.45) is 0. The van der Waals surface area contributed by atoms with Gasteiger partial charge in [-0.2, -0.15) is 0 Å². The van der Waals surface area contributed by atoms with Gasteiger partial charge < -0.3 is 19.5 Å². The number of thiophene rings is 1. The minimum atomic E-state index is -0.627. The molecule has 9 heteroatoms. The first kappa shape index (κ1) is 20.9. The number of esters is 2. The van der Waals surface area contributed by atoms with E-state index in [9.17, 15) is 14.4 Å². The molecule has 2 rings (SSSR count). The van der Waals surface area contributed by atoms with Crippen molar-refractivity contribution in [1.29, 1.82) is 0 Å². The van der Waals surface area contributed by atoms with Crippen molar-refractivity contribution in [2.75, 3.05) is 26.1 Å². The van der Waals surface area contributed by atoms with E-state index in [1.165, 1.54) is 14.2 Å². The van der Waals surface area contributed by atoms with Gasteiger partial charge in [-0.05, 0) is 37.6 Å². The molecule has 0 aliphatic carbocycles. The third-order valence-electron chi connectivity index (χ3n) is 3.63. The number of hydrogen-bond donors (Lipinski definition) is 1. The highest BCUT2D eigenvalue weighted by molar-refractivity contribution is 9.10. The lowest BCUT2D eigenvalue weighted by Crippen LogP contribution is -2.15. The molecule has 144 valence electrons. The van der Waals surface area contributed by atoms with Gasteiger partial charge in [-0.15, -0.1) is 11.3 Å². The fraction of sp³-hybridized carbons (Fsp3) is 0.278. The zero-order chi connectivity index (χ0) is 20.1. The van der Waals surface area contributed by atoms with Gasteiger partial charge in [0.1, 0.15) is 15.6 Å². The van der Waals surface area contributed by atoms with Crippen LogP contribution >= 0.6 is 27.3 Å². The number of anilines is 1. The highest BCUT2D eigenvalue weighted by Crippen LogP contribution is 2.35. The molecule has 0 aliphatic rings. The van der Waals surface area contributed by atoms with Crippen molar-refractivity contribution in [3.63, 3.8) is 0 Å². The van der Waals surface area contributed by atoms with E-state index in [1.54, 1.807) is 32.0 Å². The van der Waals surface area contributed by atoms with Crippen LogP contribution in [0.1, 0.15) is 42.9 Å². The Morgan fingerprint density at radius 2 is 1.89 bits per heavy atom. The minimum absolute atomic E-state index is 0.129. The molecule has 0 fully saturated rings. The number of carbonyl (C=O) groups is 3. The number of carbonyl (C=O) groups excluding carboxylic acids is 3. The molecule has 0 aliphatic heterocycles. The van der Waals surface area contributed by atoms with E-state index < -0.39 is 17.8 Å². The molecule has 0 spiro atoms. The predicted molar refractivity (Wildman–Crippen MR) is 105 cm³/mol. The van der Waals surface area contributed by atoms with Crippen molar-refractivity contribution in [2.45, 2.75) is 13.8 Å². The number of halogens is 1. The van der Waals surface area contributed by atoms with Crippen LogP contribution in [0.15, 0.2) is 22.7 Å². The molecule has 1 amide bonds. The van der Waals surface area contributed by atoms with E-state index in [0.29, 0.717) is 15.8 Å². The zero-order valence-electron chi connectivity index (χ0n) is 15.2. The standard InChI is InChI=1S/C18H18BrNO6S/c1-5-26-17(22)13-9(2)14(18(23)25-4)27-16(13)20-15(21)11-8-10(19)6-7-12(11)24-3/h6-8H,5H2,1-4H3,(H,20,21). The molecule has 1 N–H and O–H groups in total. The van der Waals surface area contributed by atoms with Crippen molar-refractivity contribution < 1.29 is 28.6 Å². The van der Waals surface area contributed by atoms with E-state index in [0.717, 1.165) is 11.3 Å². The number of ether oxygens (including phenoxy) is 3. The van der Waals surface area contributed by atoms with Crippen LogP contribution in [0.4, 0.5) is 5.00 Å². The Bertz CT molecular complexity index is 892. The predicted octanol–water partition coefficient (Wildman–Crippen LogP) is 4.04. The second-order valence-electron chi connectivity index (χ2n) is 5.27. The first-order chi connectivity index (χ1) is 12.8. The lowest BCUT2D eigenvalue weighted by Gasteiger charge is -2.10. The Morgan fingerprint density at radius 3 is 2.48 bits per heavy atom. The molecule has 1 aromatic carbocycles. The first-order valence-corrected chi connectivity index (χ1v) is 9.48. The molecule has 0 unspecified atom stereocenters. The van der Waals surface area contributed by atoms with Gasteiger partial charge in [-0.3, -0.25) is 4.79 Å². The molecular weight excluding hydrogens is 438 g/mol. The van der Waals surface area contributed by atoms with E-state index in [2.05, 4.69) is 21.2 Å². The van der Waals surface area contributed by atoms with Crippen molar-refractivity contribution in [1.82, 2.24) is 0 Å². The quantitative estimate of drug-likeness (QED) is 0.660. The first-order valence-electron chi connectivity index (χ1n) is 7.87.